The van der Waals surface area contributed by atoms with Crippen LogP contribution in [0.2, 0.25) is 0 Å². The lowest BCUT2D eigenvalue weighted by atomic mass is 9.78. The molecule has 1 saturated heterocycles. The number of carbonyl (C=O) groups excluding carboxylic acids is 1. The van der Waals surface area contributed by atoms with Crippen LogP contribution in [-0.4, -0.2) is 41.5 Å². The SMILES string of the molecule is NCC1(C(=O)N2CCC[C@H](C(=O)O)C2)CCCCCC1. The van der Waals surface area contributed by atoms with Crippen molar-refractivity contribution in [2.75, 3.05) is 19.6 Å². The average Bonchev–Trinajstić information content (AvgIpc) is 2.73. The van der Waals surface area contributed by atoms with Gasteiger partial charge in [0, 0.05) is 19.6 Å². The Labute approximate surface area is 120 Å². The first-order chi connectivity index (χ1) is 9.59. The van der Waals surface area contributed by atoms with E-state index in [0.29, 0.717) is 26.1 Å². The minimum atomic E-state index is -0.787. The molecule has 5 heteroatoms. The maximum Gasteiger partial charge on any atom is 0.308 e. The second-order valence-corrected chi connectivity index (χ2v) is 6.33. The first kappa shape index (κ1) is 15.3. The number of nitrogens with zero attached hydrogens (tertiary/aromatic N) is 1. The minimum absolute atomic E-state index is 0.104. The van der Waals surface area contributed by atoms with Crippen LogP contribution in [0.25, 0.3) is 0 Å². The molecule has 0 unspecified atom stereocenters. The first-order valence-electron chi connectivity index (χ1n) is 7.81. The minimum Gasteiger partial charge on any atom is -0.481 e. The Balaban J connectivity index is 2.09. The van der Waals surface area contributed by atoms with Gasteiger partial charge in [0.15, 0.2) is 0 Å². The zero-order chi connectivity index (χ0) is 14.6. The number of rotatable bonds is 3. The van der Waals surface area contributed by atoms with Crippen LogP contribution in [-0.2, 0) is 9.59 Å². The second-order valence-electron chi connectivity index (χ2n) is 6.33. The Morgan fingerprint density at radius 3 is 2.35 bits per heavy atom. The predicted octanol–water partition coefficient (Wildman–Crippen LogP) is 1.61. The zero-order valence-electron chi connectivity index (χ0n) is 12.1. The van der Waals surface area contributed by atoms with E-state index in [9.17, 15) is 9.59 Å². The average molecular weight is 282 g/mol. The van der Waals surface area contributed by atoms with Gasteiger partial charge >= 0.3 is 5.97 Å². The molecule has 1 aliphatic heterocycles. The van der Waals surface area contributed by atoms with Crippen molar-refractivity contribution in [3.05, 3.63) is 0 Å². The van der Waals surface area contributed by atoms with E-state index in [1.807, 2.05) is 0 Å². The molecule has 1 atom stereocenters. The second kappa shape index (κ2) is 6.57. The summed E-state index contributed by atoms with van der Waals surface area (Å²) in [5.74, 6) is -1.09. The lowest BCUT2D eigenvalue weighted by Gasteiger charge is -2.39. The molecule has 2 rings (SSSR count). The molecule has 20 heavy (non-hydrogen) atoms. The number of carbonyl (C=O) groups is 2. The molecular formula is C15H26N2O3. The van der Waals surface area contributed by atoms with Gasteiger partial charge in [-0.15, -0.1) is 0 Å². The molecule has 0 bridgehead atoms. The summed E-state index contributed by atoms with van der Waals surface area (Å²) in [6.07, 6.45) is 7.63. The van der Waals surface area contributed by atoms with Gasteiger partial charge in [-0.2, -0.15) is 0 Å². The fourth-order valence-electron chi connectivity index (χ4n) is 3.61. The van der Waals surface area contributed by atoms with Crippen LogP contribution < -0.4 is 5.73 Å². The molecule has 0 aromatic rings. The molecular weight excluding hydrogens is 256 g/mol. The third-order valence-electron chi connectivity index (χ3n) is 4.96. The Kier molecular flexibility index (Phi) is 5.02. The number of carboxylic acid groups (broad SMARTS) is 1. The van der Waals surface area contributed by atoms with Crippen molar-refractivity contribution in [2.45, 2.75) is 51.4 Å². The fourth-order valence-corrected chi connectivity index (χ4v) is 3.61. The molecule has 3 N–H and O–H groups in total. The van der Waals surface area contributed by atoms with Gasteiger partial charge in [-0.3, -0.25) is 9.59 Å². The standard InChI is InChI=1S/C15H26N2O3/c16-11-15(7-3-1-2-4-8-15)14(20)17-9-5-6-12(10-17)13(18)19/h12H,1-11,16H2,(H,18,19)/t12-/m0/s1. The van der Waals surface area contributed by atoms with E-state index >= 15 is 0 Å². The number of aliphatic carboxylic acids is 1. The Morgan fingerprint density at radius 2 is 1.80 bits per heavy atom. The summed E-state index contributed by atoms with van der Waals surface area (Å²) < 4.78 is 0. The lowest BCUT2D eigenvalue weighted by Crippen LogP contribution is -2.51. The van der Waals surface area contributed by atoms with E-state index in [1.54, 1.807) is 4.90 Å². The van der Waals surface area contributed by atoms with Crippen LogP contribution in [0, 0.1) is 11.3 Å². The smallest absolute Gasteiger partial charge is 0.308 e. The van der Waals surface area contributed by atoms with Crippen molar-refractivity contribution in [3.63, 3.8) is 0 Å². The zero-order valence-corrected chi connectivity index (χ0v) is 12.1. The summed E-state index contributed by atoms with van der Waals surface area (Å²) in [5, 5.41) is 9.15. The molecule has 1 aliphatic carbocycles. The van der Waals surface area contributed by atoms with Crippen molar-refractivity contribution in [1.82, 2.24) is 4.90 Å². The molecule has 114 valence electrons. The first-order valence-corrected chi connectivity index (χ1v) is 7.81. The fraction of sp³-hybridized carbons (Fsp3) is 0.867. The van der Waals surface area contributed by atoms with Gasteiger partial charge in [0.1, 0.15) is 0 Å². The van der Waals surface area contributed by atoms with Gasteiger partial charge in [0.2, 0.25) is 5.91 Å². The molecule has 2 fully saturated rings. The van der Waals surface area contributed by atoms with E-state index in [-0.39, 0.29) is 5.91 Å². The molecule has 5 nitrogen and oxygen atoms in total. The maximum atomic E-state index is 12.9. The number of carboxylic acids is 1. The number of hydrogen-bond donors (Lipinski definition) is 2. The number of amides is 1. The Morgan fingerprint density at radius 1 is 1.15 bits per heavy atom. The van der Waals surface area contributed by atoms with Crippen molar-refractivity contribution < 1.29 is 14.7 Å². The van der Waals surface area contributed by atoms with Crippen LogP contribution in [0.3, 0.4) is 0 Å². The molecule has 0 radical (unpaired) electrons. The molecule has 1 saturated carbocycles. The summed E-state index contributed by atoms with van der Waals surface area (Å²) in [6.45, 7) is 1.43. The van der Waals surface area contributed by atoms with Crippen molar-refractivity contribution in [3.8, 4) is 0 Å². The monoisotopic (exact) mass is 282 g/mol. The highest BCUT2D eigenvalue weighted by atomic mass is 16.4. The van der Waals surface area contributed by atoms with Gasteiger partial charge < -0.3 is 15.7 Å². The van der Waals surface area contributed by atoms with Gasteiger partial charge in [-0.25, -0.2) is 0 Å². The molecule has 1 heterocycles. The highest BCUT2D eigenvalue weighted by Crippen LogP contribution is 2.37. The number of hydrogen-bond acceptors (Lipinski definition) is 3. The van der Waals surface area contributed by atoms with Gasteiger partial charge in [-0.05, 0) is 25.7 Å². The normalized spacial score (nSPS) is 26.9. The summed E-state index contributed by atoms with van der Waals surface area (Å²) in [5.41, 5.74) is 5.51. The highest BCUT2D eigenvalue weighted by Gasteiger charge is 2.41. The third-order valence-corrected chi connectivity index (χ3v) is 4.96. The Hall–Kier alpha value is -1.10. The molecule has 2 aliphatic rings. The number of likely N-dealkylation sites (tertiary alicyclic amines) is 1. The lowest BCUT2D eigenvalue weighted by molar-refractivity contribution is -0.150. The van der Waals surface area contributed by atoms with Gasteiger partial charge in [-0.1, -0.05) is 25.7 Å². The quantitative estimate of drug-likeness (QED) is 0.770. The topological polar surface area (TPSA) is 83.6 Å². The summed E-state index contributed by atoms with van der Waals surface area (Å²) in [4.78, 5) is 25.8. The Bertz CT molecular complexity index is 362. The van der Waals surface area contributed by atoms with Crippen molar-refractivity contribution in [2.24, 2.45) is 17.1 Å². The summed E-state index contributed by atoms with van der Waals surface area (Å²) >= 11 is 0. The maximum absolute atomic E-state index is 12.9. The van der Waals surface area contributed by atoms with E-state index in [2.05, 4.69) is 0 Å². The molecule has 0 aromatic carbocycles. The van der Waals surface area contributed by atoms with Crippen LogP contribution in [0.4, 0.5) is 0 Å². The van der Waals surface area contributed by atoms with E-state index in [0.717, 1.165) is 32.1 Å². The summed E-state index contributed by atoms with van der Waals surface area (Å²) in [7, 11) is 0. The number of piperidine rings is 1. The van der Waals surface area contributed by atoms with Crippen molar-refractivity contribution in [1.29, 1.82) is 0 Å². The summed E-state index contributed by atoms with van der Waals surface area (Å²) in [6, 6.07) is 0. The van der Waals surface area contributed by atoms with E-state index in [4.69, 9.17) is 10.8 Å². The molecule has 0 spiro atoms. The van der Waals surface area contributed by atoms with E-state index < -0.39 is 17.3 Å². The van der Waals surface area contributed by atoms with Crippen LogP contribution in [0.1, 0.15) is 51.4 Å². The van der Waals surface area contributed by atoms with E-state index in [1.165, 1.54) is 12.8 Å². The molecule has 0 aromatic heterocycles. The predicted molar refractivity (Wildman–Crippen MR) is 76.1 cm³/mol. The van der Waals surface area contributed by atoms with Crippen LogP contribution in [0.5, 0.6) is 0 Å². The molecule has 1 amide bonds. The largest absolute Gasteiger partial charge is 0.481 e. The third kappa shape index (κ3) is 3.14. The van der Waals surface area contributed by atoms with Gasteiger partial charge in [0.25, 0.3) is 0 Å². The van der Waals surface area contributed by atoms with Crippen LogP contribution in [0.15, 0.2) is 0 Å². The van der Waals surface area contributed by atoms with Gasteiger partial charge in [0.05, 0.1) is 11.3 Å². The highest BCUT2D eigenvalue weighted by molar-refractivity contribution is 5.84. The number of nitrogens with two attached hydrogens (primary N) is 1. The van der Waals surface area contributed by atoms with Crippen LogP contribution >= 0.6 is 0 Å². The van der Waals surface area contributed by atoms with Crippen molar-refractivity contribution >= 4 is 11.9 Å².